The molecule has 0 aliphatic carbocycles. The van der Waals surface area contributed by atoms with Crippen LogP contribution in [-0.2, 0) is 4.74 Å². The van der Waals surface area contributed by atoms with Gasteiger partial charge in [-0.3, -0.25) is 0 Å². The Kier molecular flexibility index (Phi) is 5.35. The Morgan fingerprint density at radius 3 is 2.61 bits per heavy atom. The summed E-state index contributed by atoms with van der Waals surface area (Å²) in [5.74, 6) is 1.75. The molecule has 0 fully saturated rings. The van der Waals surface area contributed by atoms with E-state index in [4.69, 9.17) is 16.3 Å². The van der Waals surface area contributed by atoms with Gasteiger partial charge < -0.3 is 10.1 Å². The molecule has 18 heavy (non-hydrogen) atoms. The fraction of sp³-hybridized carbons (Fsp3) is 0.692. The molecule has 0 bridgehead atoms. The fourth-order valence-corrected chi connectivity index (χ4v) is 1.72. The van der Waals surface area contributed by atoms with Gasteiger partial charge in [-0.25, -0.2) is 9.97 Å². The van der Waals surface area contributed by atoms with Gasteiger partial charge in [-0.2, -0.15) is 0 Å². The normalized spacial score (nSPS) is 11.9. The zero-order chi connectivity index (χ0) is 13.8. The van der Waals surface area contributed by atoms with E-state index in [0.717, 1.165) is 11.6 Å². The number of nitrogens with one attached hydrogen (secondary N) is 1. The van der Waals surface area contributed by atoms with Crippen molar-refractivity contribution in [2.24, 2.45) is 0 Å². The first-order chi connectivity index (χ1) is 8.34. The Morgan fingerprint density at radius 2 is 2.06 bits per heavy atom. The summed E-state index contributed by atoms with van der Waals surface area (Å²) in [6.07, 6.45) is 0. The van der Waals surface area contributed by atoms with Crippen LogP contribution in [-0.4, -0.2) is 28.7 Å². The lowest BCUT2D eigenvalue weighted by Crippen LogP contribution is -2.33. The molecule has 0 aliphatic heterocycles. The lowest BCUT2D eigenvalue weighted by molar-refractivity contribution is 0.000637. The third kappa shape index (κ3) is 4.78. The van der Waals surface area contributed by atoms with Crippen LogP contribution in [0.25, 0.3) is 0 Å². The number of anilines is 1. The fourth-order valence-electron chi connectivity index (χ4n) is 1.53. The van der Waals surface area contributed by atoms with Gasteiger partial charge in [0.05, 0.1) is 5.60 Å². The first kappa shape index (κ1) is 15.2. The molecule has 0 aromatic carbocycles. The van der Waals surface area contributed by atoms with Crippen LogP contribution < -0.4 is 5.32 Å². The predicted octanol–water partition coefficient (Wildman–Crippen LogP) is 3.48. The van der Waals surface area contributed by atoms with Crippen LogP contribution in [0.15, 0.2) is 6.07 Å². The Hall–Kier alpha value is -0.870. The zero-order valence-electron chi connectivity index (χ0n) is 11.7. The highest BCUT2D eigenvalue weighted by atomic mass is 35.5. The molecule has 1 rings (SSSR count). The molecule has 102 valence electrons. The van der Waals surface area contributed by atoms with Gasteiger partial charge in [0.25, 0.3) is 0 Å². The van der Waals surface area contributed by atoms with E-state index in [1.165, 1.54) is 0 Å². The van der Waals surface area contributed by atoms with Crippen LogP contribution in [0.3, 0.4) is 0 Å². The second kappa shape index (κ2) is 6.34. The summed E-state index contributed by atoms with van der Waals surface area (Å²) in [4.78, 5) is 8.63. The minimum Gasteiger partial charge on any atom is -0.374 e. The van der Waals surface area contributed by atoms with E-state index >= 15 is 0 Å². The van der Waals surface area contributed by atoms with Gasteiger partial charge in [0.1, 0.15) is 16.8 Å². The van der Waals surface area contributed by atoms with Crippen LogP contribution in [0, 0.1) is 0 Å². The first-order valence-corrected chi connectivity index (χ1v) is 6.64. The van der Waals surface area contributed by atoms with E-state index in [1.807, 2.05) is 34.6 Å². The van der Waals surface area contributed by atoms with Crippen molar-refractivity contribution in [3.63, 3.8) is 0 Å². The summed E-state index contributed by atoms with van der Waals surface area (Å²) in [6, 6.07) is 1.73. The van der Waals surface area contributed by atoms with Crippen LogP contribution in [0.2, 0.25) is 5.15 Å². The minimum atomic E-state index is -0.232. The number of hydrogen-bond acceptors (Lipinski definition) is 4. The van der Waals surface area contributed by atoms with Crippen LogP contribution in [0.4, 0.5) is 5.82 Å². The van der Waals surface area contributed by atoms with Crippen molar-refractivity contribution in [3.05, 3.63) is 17.0 Å². The standard InChI is InChI=1S/C13H22ClN3O/c1-6-18-13(4,5)8-15-11-7-10(14)16-12(17-11)9(2)3/h7,9H,6,8H2,1-5H3,(H,15,16,17). The second-order valence-corrected chi connectivity index (χ2v) is 5.52. The molecule has 0 saturated carbocycles. The highest BCUT2D eigenvalue weighted by Gasteiger charge is 2.17. The summed E-state index contributed by atoms with van der Waals surface area (Å²) in [5, 5.41) is 3.71. The second-order valence-electron chi connectivity index (χ2n) is 5.14. The van der Waals surface area contributed by atoms with E-state index in [9.17, 15) is 0 Å². The molecular formula is C13H22ClN3O. The monoisotopic (exact) mass is 271 g/mol. The summed E-state index contributed by atoms with van der Waals surface area (Å²) in [6.45, 7) is 11.5. The Morgan fingerprint density at radius 1 is 1.39 bits per heavy atom. The highest BCUT2D eigenvalue weighted by Crippen LogP contribution is 2.18. The first-order valence-electron chi connectivity index (χ1n) is 6.26. The zero-order valence-corrected chi connectivity index (χ0v) is 12.5. The maximum atomic E-state index is 5.98. The van der Waals surface area contributed by atoms with Crippen LogP contribution >= 0.6 is 11.6 Å². The molecule has 0 aliphatic rings. The Bertz CT molecular complexity index is 394. The average Bonchev–Trinajstić information content (AvgIpc) is 2.26. The van der Waals surface area contributed by atoms with Crippen LogP contribution in [0.5, 0.6) is 0 Å². The van der Waals surface area contributed by atoms with Gasteiger partial charge in [0.2, 0.25) is 0 Å². The number of ether oxygens (including phenoxy) is 1. The Labute approximate surface area is 114 Å². The van der Waals surface area contributed by atoms with Crippen molar-refractivity contribution in [2.45, 2.75) is 46.1 Å². The van der Waals surface area contributed by atoms with Crippen molar-refractivity contribution < 1.29 is 4.74 Å². The molecule has 0 unspecified atom stereocenters. The van der Waals surface area contributed by atoms with Crippen molar-refractivity contribution in [2.75, 3.05) is 18.5 Å². The number of hydrogen-bond donors (Lipinski definition) is 1. The largest absolute Gasteiger partial charge is 0.374 e. The minimum absolute atomic E-state index is 0.232. The van der Waals surface area contributed by atoms with Crippen molar-refractivity contribution in [3.8, 4) is 0 Å². The molecule has 0 amide bonds. The molecule has 0 radical (unpaired) electrons. The number of aromatic nitrogens is 2. The van der Waals surface area contributed by atoms with E-state index in [0.29, 0.717) is 18.3 Å². The van der Waals surface area contributed by atoms with E-state index in [2.05, 4.69) is 15.3 Å². The number of nitrogens with zero attached hydrogens (tertiary/aromatic N) is 2. The molecule has 0 spiro atoms. The summed E-state index contributed by atoms with van der Waals surface area (Å²) >= 11 is 5.98. The molecule has 1 aromatic rings. The number of rotatable bonds is 6. The van der Waals surface area contributed by atoms with Gasteiger partial charge in [-0.1, -0.05) is 25.4 Å². The quantitative estimate of drug-likeness (QED) is 0.805. The molecule has 0 atom stereocenters. The smallest absolute Gasteiger partial charge is 0.135 e. The lowest BCUT2D eigenvalue weighted by atomic mass is 10.1. The lowest BCUT2D eigenvalue weighted by Gasteiger charge is -2.25. The van der Waals surface area contributed by atoms with E-state index in [-0.39, 0.29) is 11.5 Å². The van der Waals surface area contributed by atoms with Crippen LogP contribution in [0.1, 0.15) is 46.4 Å². The summed E-state index contributed by atoms with van der Waals surface area (Å²) in [5.41, 5.74) is -0.232. The topological polar surface area (TPSA) is 47.0 Å². The maximum absolute atomic E-state index is 5.98. The van der Waals surface area contributed by atoms with Gasteiger partial charge >= 0.3 is 0 Å². The van der Waals surface area contributed by atoms with Gasteiger partial charge in [-0.15, -0.1) is 0 Å². The maximum Gasteiger partial charge on any atom is 0.135 e. The highest BCUT2D eigenvalue weighted by molar-refractivity contribution is 6.29. The van der Waals surface area contributed by atoms with E-state index in [1.54, 1.807) is 6.07 Å². The molecule has 1 heterocycles. The average molecular weight is 272 g/mol. The molecule has 1 aromatic heterocycles. The molecule has 4 nitrogen and oxygen atoms in total. The third-order valence-electron chi connectivity index (χ3n) is 2.46. The van der Waals surface area contributed by atoms with Gasteiger partial charge in [-0.05, 0) is 20.8 Å². The van der Waals surface area contributed by atoms with Crippen molar-refractivity contribution >= 4 is 17.4 Å². The number of halogens is 1. The van der Waals surface area contributed by atoms with Crippen molar-refractivity contribution in [1.82, 2.24) is 9.97 Å². The SMILES string of the molecule is CCOC(C)(C)CNc1cc(Cl)nc(C(C)C)n1. The summed E-state index contributed by atoms with van der Waals surface area (Å²) in [7, 11) is 0. The molecule has 0 saturated heterocycles. The molecule has 1 N–H and O–H groups in total. The Balaban J connectivity index is 2.73. The summed E-state index contributed by atoms with van der Waals surface area (Å²) < 4.78 is 5.62. The van der Waals surface area contributed by atoms with Gasteiger partial charge in [0, 0.05) is 25.1 Å². The van der Waals surface area contributed by atoms with Crippen molar-refractivity contribution in [1.29, 1.82) is 0 Å². The van der Waals surface area contributed by atoms with E-state index < -0.39 is 0 Å². The molecule has 5 heteroatoms. The molecular weight excluding hydrogens is 250 g/mol. The van der Waals surface area contributed by atoms with Gasteiger partial charge in [0.15, 0.2) is 0 Å². The third-order valence-corrected chi connectivity index (χ3v) is 2.65. The predicted molar refractivity (Wildman–Crippen MR) is 75.3 cm³/mol.